The maximum Gasteiger partial charge on any atom is 0.317 e. The van der Waals surface area contributed by atoms with Crippen molar-refractivity contribution in [3.8, 4) is 0 Å². The molecule has 0 unspecified atom stereocenters. The van der Waals surface area contributed by atoms with Crippen LogP contribution < -0.4 is 15.5 Å². The lowest BCUT2D eigenvalue weighted by atomic mass is 10.0. The number of aromatic amines is 1. The predicted octanol–water partition coefficient (Wildman–Crippen LogP) is 2.50. The number of urea groups is 1. The highest BCUT2D eigenvalue weighted by atomic mass is 16.5. The van der Waals surface area contributed by atoms with Gasteiger partial charge in [0.15, 0.2) is 0 Å². The van der Waals surface area contributed by atoms with E-state index in [9.17, 15) is 9.59 Å². The average molecular weight is 449 g/mol. The van der Waals surface area contributed by atoms with Gasteiger partial charge in [-0.25, -0.2) is 9.78 Å². The third-order valence-corrected chi connectivity index (χ3v) is 6.11. The minimum Gasteiger partial charge on any atom is -0.378 e. The van der Waals surface area contributed by atoms with Gasteiger partial charge in [0, 0.05) is 44.8 Å². The lowest BCUT2D eigenvalue weighted by molar-refractivity contribution is -0.116. The van der Waals surface area contributed by atoms with Crippen LogP contribution in [0.1, 0.15) is 17.5 Å². The van der Waals surface area contributed by atoms with Gasteiger partial charge in [-0.1, -0.05) is 24.3 Å². The number of hydrogen-bond acceptors (Lipinski definition) is 5. The van der Waals surface area contributed by atoms with Crippen molar-refractivity contribution in [1.82, 2.24) is 20.2 Å². The van der Waals surface area contributed by atoms with Crippen LogP contribution >= 0.6 is 0 Å². The van der Waals surface area contributed by atoms with Crippen molar-refractivity contribution in [3.05, 3.63) is 53.6 Å². The number of aromatic nitrogens is 2. The molecular weight excluding hydrogens is 420 g/mol. The van der Waals surface area contributed by atoms with E-state index in [1.54, 1.807) is 4.90 Å². The van der Waals surface area contributed by atoms with Gasteiger partial charge in [0.05, 0.1) is 24.2 Å². The molecule has 0 spiro atoms. The summed E-state index contributed by atoms with van der Waals surface area (Å²) in [7, 11) is 0. The standard InChI is InChI=1S/C24H28N6O3/c31-22(7-9-25-24(32)30-10-8-17-3-1-2-4-18(17)16-30)26-19-5-6-20-21(15-19)28-23(27-20)29-11-13-33-14-12-29/h1-6,15H,7-14,16H2,(H,25,32)(H,26,31)(H,27,28). The summed E-state index contributed by atoms with van der Waals surface area (Å²) in [6, 6.07) is 13.7. The quantitative estimate of drug-likeness (QED) is 0.557. The molecule has 1 saturated heterocycles. The number of ether oxygens (including phenoxy) is 1. The number of H-pyrrole nitrogens is 1. The molecule has 0 radical (unpaired) electrons. The topological polar surface area (TPSA) is 103 Å². The number of hydrogen-bond donors (Lipinski definition) is 3. The van der Waals surface area contributed by atoms with Crippen LogP contribution in [0, 0.1) is 0 Å². The molecule has 2 aliphatic rings. The fraction of sp³-hybridized carbons (Fsp3) is 0.375. The average Bonchev–Trinajstić information content (AvgIpc) is 3.28. The van der Waals surface area contributed by atoms with E-state index in [0.29, 0.717) is 32.0 Å². The van der Waals surface area contributed by atoms with Crippen molar-refractivity contribution in [3.63, 3.8) is 0 Å². The fourth-order valence-corrected chi connectivity index (χ4v) is 4.29. The van der Waals surface area contributed by atoms with Gasteiger partial charge in [-0.15, -0.1) is 0 Å². The Bertz CT molecular complexity index is 1150. The smallest absolute Gasteiger partial charge is 0.317 e. The Morgan fingerprint density at radius 1 is 1.06 bits per heavy atom. The molecule has 3 amide bonds. The van der Waals surface area contributed by atoms with Crippen LogP contribution in [0.3, 0.4) is 0 Å². The van der Waals surface area contributed by atoms with Gasteiger partial charge < -0.3 is 30.2 Å². The number of carbonyl (C=O) groups excluding carboxylic acids is 2. The van der Waals surface area contributed by atoms with E-state index in [2.05, 4.69) is 37.6 Å². The molecule has 0 saturated carbocycles. The normalized spacial score (nSPS) is 15.9. The largest absolute Gasteiger partial charge is 0.378 e. The Kier molecular flexibility index (Phi) is 6.12. The summed E-state index contributed by atoms with van der Waals surface area (Å²) < 4.78 is 5.39. The maximum absolute atomic E-state index is 12.5. The number of benzene rings is 2. The minimum absolute atomic E-state index is 0.133. The van der Waals surface area contributed by atoms with Crippen LogP contribution in [0.2, 0.25) is 0 Å². The Hall–Kier alpha value is -3.59. The monoisotopic (exact) mass is 448 g/mol. The highest BCUT2D eigenvalue weighted by Gasteiger charge is 2.20. The van der Waals surface area contributed by atoms with Gasteiger partial charge in [0.2, 0.25) is 11.9 Å². The SMILES string of the molecule is O=C(CCNC(=O)N1CCc2ccccc2C1)Nc1ccc2nc(N3CCOCC3)[nH]c2c1. The lowest BCUT2D eigenvalue weighted by Gasteiger charge is -2.28. The molecule has 0 bridgehead atoms. The number of nitrogens with zero attached hydrogens (tertiary/aromatic N) is 3. The van der Waals surface area contributed by atoms with Crippen molar-refractivity contribution in [2.24, 2.45) is 0 Å². The second-order valence-corrected chi connectivity index (χ2v) is 8.36. The van der Waals surface area contributed by atoms with Crippen molar-refractivity contribution < 1.29 is 14.3 Å². The van der Waals surface area contributed by atoms with E-state index in [1.807, 2.05) is 30.3 Å². The number of nitrogens with one attached hydrogen (secondary N) is 3. The van der Waals surface area contributed by atoms with E-state index < -0.39 is 0 Å². The zero-order valence-corrected chi connectivity index (χ0v) is 18.5. The van der Waals surface area contributed by atoms with Crippen molar-refractivity contribution in [1.29, 1.82) is 0 Å². The molecule has 33 heavy (non-hydrogen) atoms. The van der Waals surface area contributed by atoms with E-state index in [0.717, 1.165) is 36.5 Å². The first kappa shape index (κ1) is 21.3. The summed E-state index contributed by atoms with van der Waals surface area (Å²) in [5.41, 5.74) is 4.90. The van der Waals surface area contributed by atoms with Gasteiger partial charge in [-0.2, -0.15) is 0 Å². The number of amides is 3. The molecule has 9 heteroatoms. The number of morpholine rings is 1. The second kappa shape index (κ2) is 9.50. The molecule has 3 N–H and O–H groups in total. The zero-order valence-electron chi connectivity index (χ0n) is 18.5. The van der Waals surface area contributed by atoms with Crippen LogP contribution in [0.25, 0.3) is 11.0 Å². The van der Waals surface area contributed by atoms with Gasteiger partial charge >= 0.3 is 6.03 Å². The van der Waals surface area contributed by atoms with Crippen molar-refractivity contribution in [2.75, 3.05) is 49.6 Å². The molecule has 0 aliphatic carbocycles. The predicted molar refractivity (Wildman–Crippen MR) is 126 cm³/mol. The number of anilines is 2. The molecule has 172 valence electrons. The van der Waals surface area contributed by atoms with Crippen molar-refractivity contribution in [2.45, 2.75) is 19.4 Å². The van der Waals surface area contributed by atoms with E-state index in [1.165, 1.54) is 11.1 Å². The molecule has 2 aromatic carbocycles. The summed E-state index contributed by atoms with van der Waals surface area (Å²) in [6.45, 7) is 4.57. The second-order valence-electron chi connectivity index (χ2n) is 8.36. The van der Waals surface area contributed by atoms with Crippen LogP contribution in [-0.2, 0) is 22.5 Å². The van der Waals surface area contributed by atoms with Gasteiger partial charge in [0.25, 0.3) is 0 Å². The molecule has 1 fully saturated rings. The van der Waals surface area contributed by atoms with Crippen LogP contribution in [0.4, 0.5) is 16.4 Å². The number of rotatable bonds is 5. The molecule has 0 atom stereocenters. The fourth-order valence-electron chi connectivity index (χ4n) is 4.29. The first-order valence-corrected chi connectivity index (χ1v) is 11.4. The van der Waals surface area contributed by atoms with Crippen molar-refractivity contribution >= 4 is 34.6 Å². The molecular formula is C24H28N6O3. The third kappa shape index (κ3) is 4.93. The summed E-state index contributed by atoms with van der Waals surface area (Å²) in [5.74, 6) is 0.673. The molecule has 3 aromatic rings. The first-order valence-electron chi connectivity index (χ1n) is 11.4. The third-order valence-electron chi connectivity index (χ3n) is 6.11. The molecule has 2 aliphatic heterocycles. The first-order chi connectivity index (χ1) is 16.2. The van der Waals surface area contributed by atoms with Gasteiger partial charge in [0.1, 0.15) is 0 Å². The summed E-state index contributed by atoms with van der Waals surface area (Å²) in [5, 5.41) is 5.77. The number of imidazole rings is 1. The molecule has 5 rings (SSSR count). The van der Waals surface area contributed by atoms with E-state index in [4.69, 9.17) is 4.74 Å². The Labute approximate surface area is 192 Å². The zero-order chi connectivity index (χ0) is 22.6. The number of carbonyl (C=O) groups is 2. The maximum atomic E-state index is 12.5. The van der Waals surface area contributed by atoms with Gasteiger partial charge in [-0.3, -0.25) is 4.79 Å². The highest BCUT2D eigenvalue weighted by Crippen LogP contribution is 2.22. The number of fused-ring (bicyclic) bond motifs is 2. The molecule has 3 heterocycles. The highest BCUT2D eigenvalue weighted by molar-refractivity contribution is 5.93. The Morgan fingerprint density at radius 2 is 1.88 bits per heavy atom. The summed E-state index contributed by atoms with van der Waals surface area (Å²) >= 11 is 0. The Morgan fingerprint density at radius 3 is 2.73 bits per heavy atom. The van der Waals surface area contributed by atoms with E-state index >= 15 is 0 Å². The lowest BCUT2D eigenvalue weighted by Crippen LogP contribution is -2.43. The summed E-state index contributed by atoms with van der Waals surface area (Å²) in [6.07, 6.45) is 1.06. The van der Waals surface area contributed by atoms with Crippen LogP contribution in [0.5, 0.6) is 0 Å². The van der Waals surface area contributed by atoms with Crippen LogP contribution in [-0.4, -0.2) is 66.2 Å². The minimum atomic E-state index is -0.147. The van der Waals surface area contributed by atoms with Gasteiger partial charge in [-0.05, 0) is 35.7 Å². The summed E-state index contributed by atoms with van der Waals surface area (Å²) in [4.78, 5) is 36.8. The van der Waals surface area contributed by atoms with E-state index in [-0.39, 0.29) is 24.9 Å². The Balaban J connectivity index is 1.11. The molecule has 9 nitrogen and oxygen atoms in total. The molecule has 1 aromatic heterocycles. The van der Waals surface area contributed by atoms with Crippen LogP contribution in [0.15, 0.2) is 42.5 Å².